The molecule has 0 saturated carbocycles. The number of carbonyl (C=O) groups is 2. The lowest BCUT2D eigenvalue weighted by Crippen LogP contribution is -2.41. The average molecular weight is 443 g/mol. The van der Waals surface area contributed by atoms with E-state index < -0.39 is 0 Å². The van der Waals surface area contributed by atoms with Crippen LogP contribution in [0.4, 0.5) is 5.69 Å². The fourth-order valence-corrected chi connectivity index (χ4v) is 4.86. The van der Waals surface area contributed by atoms with E-state index in [9.17, 15) is 9.59 Å². The Hall–Kier alpha value is -1.88. The first-order chi connectivity index (χ1) is 13.7. The number of imide groups is 1. The number of halogens is 1. The molecule has 4 nitrogen and oxygen atoms in total. The summed E-state index contributed by atoms with van der Waals surface area (Å²) in [6, 6.07) is 9.90. The van der Waals surface area contributed by atoms with Gasteiger partial charge in [-0.05, 0) is 50.3 Å². The largest absolute Gasteiger partial charge is 0.371 e. The van der Waals surface area contributed by atoms with Gasteiger partial charge in [0.2, 0.25) is 0 Å². The molecule has 2 aromatic rings. The van der Waals surface area contributed by atoms with Crippen molar-refractivity contribution < 1.29 is 9.59 Å². The Morgan fingerprint density at radius 1 is 0.821 bits per heavy atom. The van der Waals surface area contributed by atoms with E-state index in [1.54, 1.807) is 0 Å². The van der Waals surface area contributed by atoms with Crippen molar-refractivity contribution in [1.29, 1.82) is 0 Å². The van der Waals surface area contributed by atoms with Crippen molar-refractivity contribution in [3.05, 3.63) is 41.5 Å². The number of carbonyl (C=O) groups excluding carboxylic acids is 2. The maximum absolute atomic E-state index is 13.1. The minimum atomic E-state index is -0.139. The van der Waals surface area contributed by atoms with Crippen molar-refractivity contribution >= 4 is 44.2 Å². The van der Waals surface area contributed by atoms with Crippen molar-refractivity contribution in [3.63, 3.8) is 0 Å². The lowest BCUT2D eigenvalue weighted by Gasteiger charge is -2.32. The number of nitrogens with zero attached hydrogens (tertiary/aromatic N) is 2. The summed E-state index contributed by atoms with van der Waals surface area (Å²) in [6.07, 6.45) is 7.82. The van der Waals surface area contributed by atoms with E-state index in [0.717, 1.165) is 60.6 Å². The molecule has 4 rings (SSSR count). The van der Waals surface area contributed by atoms with E-state index in [1.807, 2.05) is 18.2 Å². The average Bonchev–Trinajstić information content (AvgIpc) is 2.74. The van der Waals surface area contributed by atoms with Crippen LogP contribution in [-0.2, 0) is 0 Å². The number of hydrogen-bond acceptors (Lipinski definition) is 3. The number of anilines is 1. The van der Waals surface area contributed by atoms with E-state index >= 15 is 0 Å². The van der Waals surface area contributed by atoms with Crippen molar-refractivity contribution in [2.45, 2.75) is 44.9 Å². The molecule has 1 saturated heterocycles. The van der Waals surface area contributed by atoms with Crippen molar-refractivity contribution in [3.8, 4) is 0 Å². The molecule has 2 aliphatic heterocycles. The lowest BCUT2D eigenvalue weighted by atomic mass is 9.92. The highest BCUT2D eigenvalue weighted by atomic mass is 79.9. The second kappa shape index (κ2) is 8.64. The van der Waals surface area contributed by atoms with Crippen LogP contribution in [0.3, 0.4) is 0 Å². The summed E-state index contributed by atoms with van der Waals surface area (Å²) >= 11 is 3.44. The van der Waals surface area contributed by atoms with Gasteiger partial charge < -0.3 is 4.90 Å². The summed E-state index contributed by atoms with van der Waals surface area (Å²) in [6.45, 7) is 2.59. The third-order valence-electron chi connectivity index (χ3n) is 5.93. The van der Waals surface area contributed by atoms with Crippen LogP contribution in [0.1, 0.15) is 65.7 Å². The minimum Gasteiger partial charge on any atom is -0.371 e. The lowest BCUT2D eigenvalue weighted by molar-refractivity contribution is 0.0608. The van der Waals surface area contributed by atoms with Gasteiger partial charge in [-0.15, -0.1) is 0 Å². The van der Waals surface area contributed by atoms with E-state index in [-0.39, 0.29) is 11.8 Å². The fourth-order valence-electron chi connectivity index (χ4n) is 4.46. The second-order valence-electron chi connectivity index (χ2n) is 7.77. The van der Waals surface area contributed by atoms with E-state index in [4.69, 9.17) is 0 Å². The van der Waals surface area contributed by atoms with Gasteiger partial charge in [-0.25, -0.2) is 0 Å². The molecule has 2 heterocycles. The summed E-state index contributed by atoms with van der Waals surface area (Å²) in [4.78, 5) is 30.1. The van der Waals surface area contributed by atoms with E-state index in [1.165, 1.54) is 24.2 Å². The summed E-state index contributed by atoms with van der Waals surface area (Å²) < 4.78 is 0. The molecule has 28 heavy (non-hydrogen) atoms. The van der Waals surface area contributed by atoms with Gasteiger partial charge >= 0.3 is 0 Å². The highest BCUT2D eigenvalue weighted by Gasteiger charge is 2.33. The van der Waals surface area contributed by atoms with Crippen molar-refractivity contribution in [2.75, 3.05) is 29.9 Å². The minimum absolute atomic E-state index is 0.139. The Morgan fingerprint density at radius 3 is 2.29 bits per heavy atom. The first-order valence-electron chi connectivity index (χ1n) is 10.4. The predicted octanol–water partition coefficient (Wildman–Crippen LogP) is 5.38. The molecule has 0 aliphatic carbocycles. The number of piperidine rings is 1. The van der Waals surface area contributed by atoms with Gasteiger partial charge in [0.05, 0.1) is 0 Å². The molecule has 5 heteroatoms. The molecule has 0 bridgehead atoms. The van der Waals surface area contributed by atoms with E-state index in [0.29, 0.717) is 17.7 Å². The van der Waals surface area contributed by atoms with Crippen LogP contribution >= 0.6 is 15.9 Å². The number of rotatable bonds is 7. The highest BCUT2D eigenvalue weighted by molar-refractivity contribution is 9.09. The molecule has 0 spiro atoms. The van der Waals surface area contributed by atoms with Gasteiger partial charge in [0.1, 0.15) is 0 Å². The number of unbranched alkanes of at least 4 members (excludes halogenated alkanes) is 3. The quantitative estimate of drug-likeness (QED) is 0.328. The Kier molecular flexibility index (Phi) is 6.00. The molecule has 0 aromatic heterocycles. The monoisotopic (exact) mass is 442 g/mol. The Balaban J connectivity index is 1.65. The van der Waals surface area contributed by atoms with Gasteiger partial charge in [0.15, 0.2) is 0 Å². The standard InChI is InChI=1S/C23H27BrN2O2/c24-13-4-1-2-7-16-26-22(27)18-10-8-9-17-20(25-14-5-3-6-15-25)12-11-19(21(17)18)23(26)28/h8-12H,1-7,13-16H2. The van der Waals surface area contributed by atoms with Gasteiger partial charge in [-0.3, -0.25) is 14.5 Å². The molecule has 0 N–H and O–H groups in total. The number of alkyl halides is 1. The number of amides is 2. The predicted molar refractivity (Wildman–Crippen MR) is 118 cm³/mol. The van der Waals surface area contributed by atoms with Crippen LogP contribution in [-0.4, -0.2) is 41.7 Å². The van der Waals surface area contributed by atoms with Crippen LogP contribution in [0.2, 0.25) is 0 Å². The summed E-state index contributed by atoms with van der Waals surface area (Å²) in [5, 5.41) is 2.88. The molecule has 148 valence electrons. The van der Waals surface area contributed by atoms with E-state index in [2.05, 4.69) is 33.0 Å². The zero-order chi connectivity index (χ0) is 19.5. The summed E-state index contributed by atoms with van der Waals surface area (Å²) in [5.74, 6) is -0.279. The summed E-state index contributed by atoms with van der Waals surface area (Å²) in [5.41, 5.74) is 2.50. The molecule has 0 atom stereocenters. The number of benzene rings is 2. The molecule has 2 aromatic carbocycles. The Bertz CT molecular complexity index is 867. The molecule has 0 unspecified atom stereocenters. The molecule has 0 radical (unpaired) electrons. The second-order valence-corrected chi connectivity index (χ2v) is 8.57. The van der Waals surface area contributed by atoms with Crippen LogP contribution in [0.15, 0.2) is 30.3 Å². The first kappa shape index (κ1) is 19.4. The SMILES string of the molecule is O=C1c2cccc3c(N4CCCCC4)ccc(c23)C(=O)N1CCCCCCBr. The fraction of sp³-hybridized carbons (Fsp3) is 0.478. The smallest absolute Gasteiger partial charge is 0.261 e. The molecule has 2 amide bonds. The first-order valence-corrected chi connectivity index (χ1v) is 11.6. The zero-order valence-corrected chi connectivity index (χ0v) is 17.8. The van der Waals surface area contributed by atoms with Crippen molar-refractivity contribution in [2.24, 2.45) is 0 Å². The van der Waals surface area contributed by atoms with Crippen molar-refractivity contribution in [1.82, 2.24) is 4.90 Å². The van der Waals surface area contributed by atoms with Gasteiger partial charge in [-0.2, -0.15) is 0 Å². The topological polar surface area (TPSA) is 40.6 Å². The third-order valence-corrected chi connectivity index (χ3v) is 6.49. The molecule has 1 fully saturated rings. The normalized spacial score (nSPS) is 16.9. The van der Waals surface area contributed by atoms with Crippen LogP contribution in [0, 0.1) is 0 Å². The zero-order valence-electron chi connectivity index (χ0n) is 16.3. The Labute approximate surface area is 175 Å². The maximum Gasteiger partial charge on any atom is 0.261 e. The van der Waals surface area contributed by atoms with Gasteiger partial charge in [-0.1, -0.05) is 40.9 Å². The number of hydrogen-bond donors (Lipinski definition) is 0. The molecule has 2 aliphatic rings. The third kappa shape index (κ3) is 3.57. The van der Waals surface area contributed by atoms with Gasteiger partial charge in [0, 0.05) is 52.6 Å². The Morgan fingerprint density at radius 2 is 1.54 bits per heavy atom. The van der Waals surface area contributed by atoms with Gasteiger partial charge in [0.25, 0.3) is 11.8 Å². The van der Waals surface area contributed by atoms with Crippen LogP contribution in [0.5, 0.6) is 0 Å². The highest BCUT2D eigenvalue weighted by Crippen LogP contribution is 2.36. The maximum atomic E-state index is 13.1. The van der Waals surface area contributed by atoms with Crippen LogP contribution in [0.25, 0.3) is 10.8 Å². The molecular formula is C23H27BrN2O2. The van der Waals surface area contributed by atoms with Crippen LogP contribution < -0.4 is 4.90 Å². The molecular weight excluding hydrogens is 416 g/mol. The summed E-state index contributed by atoms with van der Waals surface area (Å²) in [7, 11) is 0.